The van der Waals surface area contributed by atoms with E-state index in [0.717, 1.165) is 11.1 Å². The summed E-state index contributed by atoms with van der Waals surface area (Å²) in [6.45, 7) is 3.78. The number of Topliss-reactive ketones (excluding diaryl/α,β-unsaturated/α-hetero) is 1. The van der Waals surface area contributed by atoms with Crippen molar-refractivity contribution >= 4 is 17.8 Å². The maximum atomic E-state index is 12.8. The molecule has 2 heterocycles. The van der Waals surface area contributed by atoms with Crippen LogP contribution in [0.5, 0.6) is 17.4 Å². The Morgan fingerprint density at radius 1 is 1.13 bits per heavy atom. The Balaban J connectivity index is 1.45. The molecular formula is C24H21NO6. The fourth-order valence-corrected chi connectivity index (χ4v) is 3.27. The lowest BCUT2D eigenvalue weighted by molar-refractivity contribution is -0.134. The minimum atomic E-state index is -0.436. The molecule has 0 fully saturated rings. The number of rotatable bonds is 6. The van der Waals surface area contributed by atoms with Crippen LogP contribution in [0.15, 0.2) is 52.7 Å². The van der Waals surface area contributed by atoms with E-state index in [9.17, 15) is 9.59 Å². The Bertz CT molecular complexity index is 1170. The van der Waals surface area contributed by atoms with Crippen molar-refractivity contribution in [2.75, 3.05) is 7.11 Å². The Labute approximate surface area is 179 Å². The van der Waals surface area contributed by atoms with E-state index in [4.69, 9.17) is 18.7 Å². The highest BCUT2D eigenvalue weighted by Crippen LogP contribution is 2.37. The van der Waals surface area contributed by atoms with Crippen LogP contribution >= 0.6 is 0 Å². The van der Waals surface area contributed by atoms with Gasteiger partial charge in [0.05, 0.1) is 19.1 Å². The summed E-state index contributed by atoms with van der Waals surface area (Å²) in [5.74, 6) is 1.20. The van der Waals surface area contributed by atoms with E-state index in [1.165, 1.54) is 7.11 Å². The van der Waals surface area contributed by atoms with Crippen molar-refractivity contribution in [1.82, 2.24) is 5.16 Å². The number of fused-ring (bicyclic) bond motifs is 1. The Morgan fingerprint density at radius 2 is 1.90 bits per heavy atom. The molecule has 0 N–H and O–H groups in total. The molecule has 0 atom stereocenters. The number of aryl methyl sites for hydroxylation is 3. The van der Waals surface area contributed by atoms with Gasteiger partial charge in [-0.3, -0.25) is 9.59 Å². The third-order valence-corrected chi connectivity index (χ3v) is 4.87. The molecule has 0 saturated carbocycles. The van der Waals surface area contributed by atoms with Crippen molar-refractivity contribution in [1.29, 1.82) is 0 Å². The zero-order valence-electron chi connectivity index (χ0n) is 17.4. The molecular weight excluding hydrogens is 398 g/mol. The highest BCUT2D eigenvalue weighted by atomic mass is 16.5. The van der Waals surface area contributed by atoms with Gasteiger partial charge in [-0.2, -0.15) is 0 Å². The Hall–Kier alpha value is -3.87. The van der Waals surface area contributed by atoms with Crippen molar-refractivity contribution in [3.63, 3.8) is 0 Å². The average Bonchev–Trinajstić information content (AvgIpc) is 3.33. The van der Waals surface area contributed by atoms with Crippen molar-refractivity contribution in [3.05, 3.63) is 76.2 Å². The number of allylic oxidation sites excluding steroid dienone is 1. The van der Waals surface area contributed by atoms with Crippen molar-refractivity contribution in [2.24, 2.45) is 0 Å². The van der Waals surface area contributed by atoms with Crippen LogP contribution in [0.3, 0.4) is 0 Å². The molecule has 3 aromatic rings. The summed E-state index contributed by atoms with van der Waals surface area (Å²) in [5, 5.41) is 3.69. The van der Waals surface area contributed by atoms with Crippen LogP contribution < -0.4 is 14.2 Å². The van der Waals surface area contributed by atoms with Gasteiger partial charge in [0.15, 0.2) is 5.76 Å². The molecule has 0 bridgehead atoms. The largest absolute Gasteiger partial charge is 0.479 e. The first-order valence-corrected chi connectivity index (χ1v) is 9.79. The molecule has 1 aliphatic heterocycles. The summed E-state index contributed by atoms with van der Waals surface area (Å²) in [6, 6.07) is 12.6. The Morgan fingerprint density at radius 3 is 2.61 bits per heavy atom. The second kappa shape index (κ2) is 8.47. The monoisotopic (exact) mass is 419 g/mol. The number of esters is 1. The number of methoxy groups -OCH3 is 1. The average molecular weight is 419 g/mol. The highest BCUT2D eigenvalue weighted by molar-refractivity contribution is 6.15. The quantitative estimate of drug-likeness (QED) is 0.331. The van der Waals surface area contributed by atoms with Crippen LogP contribution in [0, 0.1) is 13.8 Å². The van der Waals surface area contributed by atoms with Gasteiger partial charge in [0.1, 0.15) is 17.3 Å². The maximum Gasteiger partial charge on any atom is 0.311 e. The number of hydrogen-bond acceptors (Lipinski definition) is 7. The molecule has 2 aromatic carbocycles. The van der Waals surface area contributed by atoms with Crippen LogP contribution in [-0.2, 0) is 11.2 Å². The molecule has 7 heteroatoms. The van der Waals surface area contributed by atoms with Gasteiger partial charge in [0.25, 0.3) is 5.88 Å². The molecule has 31 heavy (non-hydrogen) atoms. The van der Waals surface area contributed by atoms with Gasteiger partial charge in [-0.15, -0.1) is 0 Å². The standard InChI is InChI=1S/C24H21NO6/c1-14-4-6-16(7-5-14)11-20-24(27)23-15(2)10-18(12-19(23)30-20)29-22(26)9-8-17-13-21(28-3)25-31-17/h4-7,10-13H,8-9H2,1-3H3/b20-11-. The van der Waals surface area contributed by atoms with Crippen molar-refractivity contribution in [2.45, 2.75) is 26.7 Å². The molecule has 0 spiro atoms. The number of ether oxygens (including phenoxy) is 3. The van der Waals surface area contributed by atoms with E-state index >= 15 is 0 Å². The lowest BCUT2D eigenvalue weighted by Gasteiger charge is -2.07. The van der Waals surface area contributed by atoms with Gasteiger partial charge in [0.2, 0.25) is 5.78 Å². The molecule has 158 valence electrons. The van der Waals surface area contributed by atoms with Gasteiger partial charge in [-0.25, -0.2) is 0 Å². The van der Waals surface area contributed by atoms with Gasteiger partial charge in [0, 0.05) is 18.6 Å². The molecule has 7 nitrogen and oxygen atoms in total. The summed E-state index contributed by atoms with van der Waals surface area (Å²) in [6.07, 6.45) is 2.14. The number of carbonyl (C=O) groups excluding carboxylic acids is 2. The predicted octanol–water partition coefficient (Wildman–Crippen LogP) is 4.45. The normalized spacial score (nSPS) is 13.8. The first kappa shape index (κ1) is 20.4. The SMILES string of the molecule is COc1cc(CCC(=O)Oc2cc(C)c3c(c2)O/C(=C\c2ccc(C)cc2)C3=O)on1. The fraction of sp³-hybridized carbons (Fsp3) is 0.208. The van der Waals surface area contributed by atoms with Gasteiger partial charge < -0.3 is 18.7 Å². The molecule has 0 unspecified atom stereocenters. The second-order valence-electron chi connectivity index (χ2n) is 7.27. The Kier molecular flexibility index (Phi) is 5.58. The number of carbonyl (C=O) groups is 2. The fourth-order valence-electron chi connectivity index (χ4n) is 3.27. The van der Waals surface area contributed by atoms with Crippen molar-refractivity contribution in [3.8, 4) is 17.4 Å². The lowest BCUT2D eigenvalue weighted by atomic mass is 10.0. The molecule has 1 aromatic heterocycles. The molecule has 0 radical (unpaired) electrons. The summed E-state index contributed by atoms with van der Waals surface area (Å²) < 4.78 is 21.2. The van der Waals surface area contributed by atoms with Gasteiger partial charge >= 0.3 is 5.97 Å². The lowest BCUT2D eigenvalue weighted by Crippen LogP contribution is -2.09. The topological polar surface area (TPSA) is 87.9 Å². The van der Waals surface area contributed by atoms with Crippen LogP contribution in [0.2, 0.25) is 0 Å². The van der Waals surface area contributed by atoms with Crippen LogP contribution in [0.25, 0.3) is 6.08 Å². The third kappa shape index (κ3) is 4.50. The molecule has 0 saturated heterocycles. The minimum absolute atomic E-state index is 0.104. The second-order valence-corrected chi connectivity index (χ2v) is 7.27. The number of ketones is 1. The van der Waals surface area contributed by atoms with E-state index < -0.39 is 5.97 Å². The van der Waals surface area contributed by atoms with E-state index in [-0.39, 0.29) is 18.0 Å². The number of aromatic nitrogens is 1. The minimum Gasteiger partial charge on any atom is -0.479 e. The first-order chi connectivity index (χ1) is 14.9. The van der Waals surface area contributed by atoms with Gasteiger partial charge in [-0.05, 0) is 42.3 Å². The third-order valence-electron chi connectivity index (χ3n) is 4.87. The molecule has 0 aliphatic carbocycles. The van der Waals surface area contributed by atoms with E-state index in [1.54, 1.807) is 31.2 Å². The zero-order valence-corrected chi connectivity index (χ0v) is 17.4. The summed E-state index contributed by atoms with van der Waals surface area (Å²) >= 11 is 0. The molecule has 4 rings (SSSR count). The summed E-state index contributed by atoms with van der Waals surface area (Å²) in [7, 11) is 1.49. The number of benzene rings is 2. The van der Waals surface area contributed by atoms with Crippen LogP contribution in [0.4, 0.5) is 0 Å². The van der Waals surface area contributed by atoms with E-state index in [1.807, 2.05) is 31.2 Å². The number of nitrogens with zero attached hydrogens (tertiary/aromatic N) is 1. The predicted molar refractivity (Wildman–Crippen MR) is 112 cm³/mol. The van der Waals surface area contributed by atoms with E-state index in [2.05, 4.69) is 5.16 Å². The molecule has 0 amide bonds. The summed E-state index contributed by atoms with van der Waals surface area (Å²) in [4.78, 5) is 25.0. The maximum absolute atomic E-state index is 12.8. The van der Waals surface area contributed by atoms with E-state index in [0.29, 0.717) is 40.7 Å². The first-order valence-electron chi connectivity index (χ1n) is 9.79. The number of hydrogen-bond donors (Lipinski definition) is 0. The van der Waals surface area contributed by atoms with Crippen molar-refractivity contribution < 1.29 is 28.3 Å². The van der Waals surface area contributed by atoms with Crippen LogP contribution in [0.1, 0.15) is 39.2 Å². The zero-order chi connectivity index (χ0) is 22.0. The smallest absolute Gasteiger partial charge is 0.311 e. The molecule has 1 aliphatic rings. The van der Waals surface area contributed by atoms with Gasteiger partial charge in [-0.1, -0.05) is 29.8 Å². The highest BCUT2D eigenvalue weighted by Gasteiger charge is 2.30. The van der Waals surface area contributed by atoms with Crippen LogP contribution in [-0.4, -0.2) is 24.0 Å². The summed E-state index contributed by atoms with van der Waals surface area (Å²) in [5.41, 5.74) is 3.16.